The standard InChI is InChI=1S/C20H35N3O6/c1-3-5-18-8-15-9-19(12-18,6-7-21)14-20(10-15,13-18)16(4-2)17(29-23(26)27)11-28-22(24)25/h15-17H,3-14,21H2,1-2H3. The first kappa shape index (κ1) is 22.1. The van der Waals surface area contributed by atoms with Crippen LogP contribution in [0, 0.1) is 48.3 Å². The summed E-state index contributed by atoms with van der Waals surface area (Å²) in [5.41, 5.74) is 6.38. The van der Waals surface area contributed by atoms with Gasteiger partial charge in [-0.25, -0.2) is 0 Å². The van der Waals surface area contributed by atoms with Crippen LogP contribution >= 0.6 is 0 Å². The van der Waals surface area contributed by atoms with Gasteiger partial charge in [-0.2, -0.15) is 0 Å². The van der Waals surface area contributed by atoms with Crippen LogP contribution in [0.25, 0.3) is 0 Å². The molecule has 166 valence electrons. The van der Waals surface area contributed by atoms with Crippen LogP contribution in [0.2, 0.25) is 0 Å². The maximum Gasteiger partial charge on any atom is 0.294 e. The molecule has 0 heterocycles. The van der Waals surface area contributed by atoms with Gasteiger partial charge in [-0.15, -0.1) is 20.2 Å². The van der Waals surface area contributed by atoms with Crippen LogP contribution in [0.5, 0.6) is 0 Å². The van der Waals surface area contributed by atoms with Gasteiger partial charge in [0.2, 0.25) is 0 Å². The van der Waals surface area contributed by atoms with Crippen molar-refractivity contribution in [3.8, 4) is 0 Å². The summed E-state index contributed by atoms with van der Waals surface area (Å²) < 4.78 is 0. The Hall–Kier alpha value is -1.64. The Morgan fingerprint density at radius 1 is 1.03 bits per heavy atom. The molecule has 0 aromatic carbocycles. The molecule has 0 aromatic heterocycles. The van der Waals surface area contributed by atoms with Crippen LogP contribution in [0.3, 0.4) is 0 Å². The molecular formula is C20H35N3O6. The van der Waals surface area contributed by atoms with Gasteiger partial charge >= 0.3 is 0 Å². The molecule has 0 spiro atoms. The Bertz CT molecular complexity index is 607. The molecule has 4 rings (SSSR count). The normalized spacial score (nSPS) is 37.1. The summed E-state index contributed by atoms with van der Waals surface area (Å²) >= 11 is 0. The van der Waals surface area contributed by atoms with Crippen molar-refractivity contribution in [3.63, 3.8) is 0 Å². The smallest absolute Gasteiger partial charge is 0.294 e. The summed E-state index contributed by atoms with van der Waals surface area (Å²) in [6.07, 6.45) is 9.71. The summed E-state index contributed by atoms with van der Waals surface area (Å²) in [7, 11) is 0. The van der Waals surface area contributed by atoms with E-state index in [2.05, 4.69) is 11.8 Å². The van der Waals surface area contributed by atoms with Gasteiger partial charge in [-0.05, 0) is 86.0 Å². The second-order valence-electron chi connectivity index (χ2n) is 10.1. The average Bonchev–Trinajstić information content (AvgIpc) is 2.58. The Morgan fingerprint density at radius 3 is 2.21 bits per heavy atom. The molecule has 9 heteroatoms. The highest BCUT2D eigenvalue weighted by Gasteiger charge is 2.64. The lowest BCUT2D eigenvalue weighted by atomic mass is 9.36. The zero-order valence-corrected chi connectivity index (χ0v) is 17.6. The lowest BCUT2D eigenvalue weighted by Crippen LogP contribution is -2.61. The molecule has 2 N–H and O–H groups in total. The van der Waals surface area contributed by atoms with E-state index in [4.69, 9.17) is 10.6 Å². The van der Waals surface area contributed by atoms with Crippen molar-refractivity contribution in [2.75, 3.05) is 13.2 Å². The number of rotatable bonds is 12. The van der Waals surface area contributed by atoms with Gasteiger partial charge in [-0.1, -0.05) is 26.7 Å². The summed E-state index contributed by atoms with van der Waals surface area (Å²) in [6.45, 7) is 4.49. The van der Waals surface area contributed by atoms with Crippen molar-refractivity contribution in [2.45, 2.75) is 84.2 Å². The van der Waals surface area contributed by atoms with E-state index in [1.165, 1.54) is 25.7 Å². The van der Waals surface area contributed by atoms with Crippen molar-refractivity contribution < 1.29 is 19.8 Å². The third kappa shape index (κ3) is 4.29. The molecule has 29 heavy (non-hydrogen) atoms. The zero-order valence-electron chi connectivity index (χ0n) is 17.6. The molecule has 0 amide bonds. The van der Waals surface area contributed by atoms with E-state index >= 15 is 0 Å². The fourth-order valence-electron chi connectivity index (χ4n) is 8.29. The minimum absolute atomic E-state index is 0.0981. The van der Waals surface area contributed by atoms with Crippen LogP contribution in [0.15, 0.2) is 0 Å². The predicted molar refractivity (Wildman–Crippen MR) is 106 cm³/mol. The van der Waals surface area contributed by atoms with Gasteiger partial charge in [-0.3, -0.25) is 0 Å². The van der Waals surface area contributed by atoms with E-state index in [1.807, 2.05) is 6.92 Å². The second kappa shape index (κ2) is 8.24. The average molecular weight is 414 g/mol. The highest BCUT2D eigenvalue weighted by Crippen LogP contribution is 2.74. The summed E-state index contributed by atoms with van der Waals surface area (Å²) in [6, 6.07) is 0. The van der Waals surface area contributed by atoms with Gasteiger partial charge in [0.1, 0.15) is 12.7 Å². The monoisotopic (exact) mass is 413 g/mol. The van der Waals surface area contributed by atoms with Crippen molar-refractivity contribution in [3.05, 3.63) is 20.2 Å². The van der Waals surface area contributed by atoms with E-state index < -0.39 is 22.9 Å². The molecule has 0 aromatic rings. The third-order valence-electron chi connectivity index (χ3n) is 8.04. The summed E-state index contributed by atoms with van der Waals surface area (Å²) in [5, 5.41) is 20.2. The van der Waals surface area contributed by atoms with Crippen molar-refractivity contribution in [1.82, 2.24) is 0 Å². The number of nitrogens with zero attached hydrogens (tertiary/aromatic N) is 2. The van der Waals surface area contributed by atoms with E-state index in [9.17, 15) is 20.2 Å². The Labute approximate surface area is 171 Å². The Kier molecular flexibility index (Phi) is 6.27. The highest BCUT2D eigenvalue weighted by atomic mass is 17.0. The van der Waals surface area contributed by atoms with Crippen LogP contribution in [-0.4, -0.2) is 29.4 Å². The van der Waals surface area contributed by atoms with Gasteiger partial charge in [0.15, 0.2) is 0 Å². The second-order valence-corrected chi connectivity index (χ2v) is 10.1. The van der Waals surface area contributed by atoms with Gasteiger partial charge in [0, 0.05) is 0 Å². The lowest BCUT2D eigenvalue weighted by Gasteiger charge is -2.69. The predicted octanol–water partition coefficient (Wildman–Crippen LogP) is 3.90. The topological polar surface area (TPSA) is 131 Å². The third-order valence-corrected chi connectivity index (χ3v) is 8.04. The minimum Gasteiger partial charge on any atom is -0.330 e. The fourth-order valence-corrected chi connectivity index (χ4v) is 8.29. The largest absolute Gasteiger partial charge is 0.330 e. The van der Waals surface area contributed by atoms with Crippen LogP contribution in [0.1, 0.15) is 78.1 Å². The quantitative estimate of drug-likeness (QED) is 0.379. The van der Waals surface area contributed by atoms with E-state index in [1.54, 1.807) is 0 Å². The Balaban J connectivity index is 1.95. The minimum atomic E-state index is -0.926. The highest BCUT2D eigenvalue weighted by molar-refractivity contribution is 5.14. The van der Waals surface area contributed by atoms with E-state index in [0.717, 1.165) is 32.1 Å². The van der Waals surface area contributed by atoms with E-state index in [0.29, 0.717) is 18.9 Å². The first-order valence-electron chi connectivity index (χ1n) is 11.0. The molecule has 0 radical (unpaired) electrons. The molecule has 6 unspecified atom stereocenters. The summed E-state index contributed by atoms with van der Waals surface area (Å²) in [4.78, 5) is 31.5. The number of nitrogens with two attached hydrogens (primary N) is 1. The Morgan fingerprint density at radius 2 is 1.69 bits per heavy atom. The van der Waals surface area contributed by atoms with Crippen LogP contribution < -0.4 is 5.73 Å². The van der Waals surface area contributed by atoms with Crippen molar-refractivity contribution >= 4 is 0 Å². The molecule has 4 aliphatic rings. The number of hydrogen-bond donors (Lipinski definition) is 1. The molecule has 4 bridgehead atoms. The van der Waals surface area contributed by atoms with Crippen LogP contribution in [0.4, 0.5) is 0 Å². The molecule has 4 saturated carbocycles. The van der Waals surface area contributed by atoms with Gasteiger partial charge in [0.05, 0.1) is 0 Å². The SMILES string of the molecule is CCCC12CC3CC(CCN)(C1)CC(C(CC)C(CO[N+](=O)[O-])O[N+](=O)[O-])(C3)C2. The first-order valence-corrected chi connectivity index (χ1v) is 11.0. The van der Waals surface area contributed by atoms with Crippen molar-refractivity contribution in [1.29, 1.82) is 0 Å². The molecule has 9 nitrogen and oxygen atoms in total. The van der Waals surface area contributed by atoms with Gasteiger partial charge in [0.25, 0.3) is 10.2 Å². The molecule has 0 saturated heterocycles. The zero-order chi connectivity index (χ0) is 21.3. The lowest BCUT2D eigenvalue weighted by molar-refractivity contribution is -0.792. The van der Waals surface area contributed by atoms with Crippen molar-refractivity contribution in [2.24, 2.45) is 33.8 Å². The van der Waals surface area contributed by atoms with E-state index in [-0.39, 0.29) is 22.2 Å². The summed E-state index contributed by atoms with van der Waals surface area (Å²) in [5.74, 6) is 0.454. The first-order chi connectivity index (χ1) is 13.7. The maximum atomic E-state index is 11.2. The molecule has 4 fully saturated rings. The molecular weight excluding hydrogens is 378 g/mol. The number of hydrogen-bond acceptors (Lipinski definition) is 7. The van der Waals surface area contributed by atoms with Crippen LogP contribution in [-0.2, 0) is 9.68 Å². The maximum absolute atomic E-state index is 11.2. The molecule has 4 aliphatic carbocycles. The van der Waals surface area contributed by atoms with Gasteiger partial charge < -0.3 is 15.4 Å². The molecule has 0 aliphatic heterocycles. The molecule has 6 atom stereocenters. The fraction of sp³-hybridized carbons (Fsp3) is 1.00.